The summed E-state index contributed by atoms with van der Waals surface area (Å²) in [6.45, 7) is 1.37. The predicted octanol–water partition coefficient (Wildman–Crippen LogP) is 3.96. The van der Waals surface area contributed by atoms with Crippen LogP contribution in [0.3, 0.4) is 0 Å². The normalized spacial score (nSPS) is 10.4. The van der Waals surface area contributed by atoms with Crippen molar-refractivity contribution in [3.8, 4) is 11.5 Å². The van der Waals surface area contributed by atoms with Crippen LogP contribution in [0.25, 0.3) is 10.8 Å². The van der Waals surface area contributed by atoms with Crippen LogP contribution in [-0.2, 0) is 9.53 Å². The smallest absolute Gasteiger partial charge is 0.344 e. The van der Waals surface area contributed by atoms with Gasteiger partial charge in [-0.3, -0.25) is 4.79 Å². The number of aryl methyl sites for hydroxylation is 1. The Balaban J connectivity index is 1.55. The maximum Gasteiger partial charge on any atom is 0.344 e. The van der Waals surface area contributed by atoms with Gasteiger partial charge in [-0.15, -0.1) is 0 Å². The van der Waals surface area contributed by atoms with Gasteiger partial charge in [-0.25, -0.2) is 4.79 Å². The third-order valence-electron chi connectivity index (χ3n) is 4.08. The second kappa shape index (κ2) is 8.36. The highest BCUT2D eigenvalue weighted by Gasteiger charge is 2.11. The van der Waals surface area contributed by atoms with Crippen molar-refractivity contribution in [2.24, 2.45) is 0 Å². The molecular formula is C22H20O5. The van der Waals surface area contributed by atoms with Crippen molar-refractivity contribution in [1.82, 2.24) is 0 Å². The quantitative estimate of drug-likeness (QED) is 0.469. The van der Waals surface area contributed by atoms with E-state index in [-0.39, 0.29) is 19.0 Å². The van der Waals surface area contributed by atoms with E-state index in [1.54, 1.807) is 25.3 Å². The van der Waals surface area contributed by atoms with E-state index in [2.05, 4.69) is 0 Å². The molecule has 0 saturated carbocycles. The van der Waals surface area contributed by atoms with Crippen LogP contribution in [0, 0.1) is 6.92 Å². The fraction of sp³-hybridized carbons (Fsp3) is 0.182. The van der Waals surface area contributed by atoms with E-state index >= 15 is 0 Å². The van der Waals surface area contributed by atoms with E-state index in [1.807, 2.05) is 49.4 Å². The van der Waals surface area contributed by atoms with Crippen LogP contribution in [-0.4, -0.2) is 32.1 Å². The number of fused-ring (bicyclic) bond motifs is 1. The van der Waals surface area contributed by atoms with E-state index in [0.717, 1.165) is 22.1 Å². The van der Waals surface area contributed by atoms with Gasteiger partial charge in [-0.2, -0.15) is 0 Å². The SMILES string of the molecule is COc1ccc2cc(C(=O)COC(=O)COc3cccc(C)c3)ccc2c1. The van der Waals surface area contributed by atoms with Gasteiger partial charge in [0.05, 0.1) is 7.11 Å². The molecule has 0 bridgehead atoms. The highest BCUT2D eigenvalue weighted by molar-refractivity contribution is 6.01. The summed E-state index contributed by atoms with van der Waals surface area (Å²) in [6, 6.07) is 18.3. The van der Waals surface area contributed by atoms with Gasteiger partial charge in [-0.05, 0) is 53.6 Å². The molecule has 138 valence electrons. The van der Waals surface area contributed by atoms with Crippen LogP contribution in [0.15, 0.2) is 60.7 Å². The second-order valence-corrected chi connectivity index (χ2v) is 6.12. The number of esters is 1. The van der Waals surface area contributed by atoms with Gasteiger partial charge >= 0.3 is 5.97 Å². The molecule has 0 N–H and O–H groups in total. The van der Waals surface area contributed by atoms with Gasteiger partial charge in [0.15, 0.2) is 19.0 Å². The Bertz CT molecular complexity index is 977. The Labute approximate surface area is 157 Å². The average Bonchev–Trinajstić information content (AvgIpc) is 2.69. The zero-order valence-electron chi connectivity index (χ0n) is 15.2. The summed E-state index contributed by atoms with van der Waals surface area (Å²) < 4.78 is 15.6. The molecule has 0 spiro atoms. The molecule has 0 saturated heterocycles. The zero-order valence-corrected chi connectivity index (χ0v) is 15.2. The van der Waals surface area contributed by atoms with Gasteiger partial charge in [0, 0.05) is 5.56 Å². The second-order valence-electron chi connectivity index (χ2n) is 6.12. The van der Waals surface area contributed by atoms with Gasteiger partial charge < -0.3 is 14.2 Å². The minimum absolute atomic E-state index is 0.242. The maximum atomic E-state index is 12.3. The summed E-state index contributed by atoms with van der Waals surface area (Å²) >= 11 is 0. The largest absolute Gasteiger partial charge is 0.497 e. The molecule has 5 heteroatoms. The van der Waals surface area contributed by atoms with Crippen LogP contribution in [0.4, 0.5) is 0 Å². The molecule has 0 aromatic heterocycles. The Morgan fingerprint density at radius 1 is 0.852 bits per heavy atom. The number of benzene rings is 3. The number of hydrogen-bond donors (Lipinski definition) is 0. The third kappa shape index (κ3) is 4.85. The van der Waals surface area contributed by atoms with E-state index in [0.29, 0.717) is 11.3 Å². The lowest BCUT2D eigenvalue weighted by Crippen LogP contribution is -2.19. The number of ketones is 1. The summed E-state index contributed by atoms with van der Waals surface area (Å²) in [7, 11) is 1.61. The molecule has 0 unspecified atom stereocenters. The topological polar surface area (TPSA) is 61.8 Å². The molecule has 0 fully saturated rings. The van der Waals surface area contributed by atoms with E-state index in [9.17, 15) is 9.59 Å². The molecule has 3 aromatic carbocycles. The number of rotatable bonds is 7. The highest BCUT2D eigenvalue weighted by atomic mass is 16.6. The molecule has 0 amide bonds. The van der Waals surface area contributed by atoms with Gasteiger partial charge in [-0.1, -0.05) is 30.3 Å². The molecular weight excluding hydrogens is 344 g/mol. The zero-order chi connectivity index (χ0) is 19.2. The minimum atomic E-state index is -0.588. The lowest BCUT2D eigenvalue weighted by Gasteiger charge is -2.08. The molecule has 0 heterocycles. The monoisotopic (exact) mass is 364 g/mol. The molecule has 0 aliphatic heterocycles. The van der Waals surface area contributed by atoms with Crippen molar-refractivity contribution in [1.29, 1.82) is 0 Å². The molecule has 3 rings (SSSR count). The van der Waals surface area contributed by atoms with E-state index in [4.69, 9.17) is 14.2 Å². The van der Waals surface area contributed by atoms with E-state index < -0.39 is 5.97 Å². The van der Waals surface area contributed by atoms with Gasteiger partial charge in [0.2, 0.25) is 0 Å². The Morgan fingerprint density at radius 3 is 2.41 bits per heavy atom. The predicted molar refractivity (Wildman–Crippen MR) is 102 cm³/mol. The van der Waals surface area contributed by atoms with Crippen molar-refractivity contribution in [3.05, 3.63) is 71.8 Å². The first-order chi connectivity index (χ1) is 13.0. The Kier molecular flexibility index (Phi) is 5.71. The number of ether oxygens (including phenoxy) is 3. The van der Waals surface area contributed by atoms with Crippen LogP contribution in [0.2, 0.25) is 0 Å². The van der Waals surface area contributed by atoms with Crippen LogP contribution in [0.1, 0.15) is 15.9 Å². The van der Waals surface area contributed by atoms with Crippen molar-refractivity contribution < 1.29 is 23.8 Å². The van der Waals surface area contributed by atoms with Crippen molar-refractivity contribution in [3.63, 3.8) is 0 Å². The number of methoxy groups -OCH3 is 1. The van der Waals surface area contributed by atoms with Crippen LogP contribution >= 0.6 is 0 Å². The average molecular weight is 364 g/mol. The van der Waals surface area contributed by atoms with Crippen molar-refractivity contribution in [2.45, 2.75) is 6.92 Å². The molecule has 5 nitrogen and oxygen atoms in total. The summed E-state index contributed by atoms with van der Waals surface area (Å²) in [4.78, 5) is 24.1. The van der Waals surface area contributed by atoms with Crippen LogP contribution < -0.4 is 9.47 Å². The van der Waals surface area contributed by atoms with Crippen molar-refractivity contribution in [2.75, 3.05) is 20.3 Å². The number of Topliss-reactive ketones (excluding diaryl/α,β-unsaturated/α-hetero) is 1. The third-order valence-corrected chi connectivity index (χ3v) is 4.08. The fourth-order valence-electron chi connectivity index (χ4n) is 2.64. The molecule has 0 aliphatic carbocycles. The number of hydrogen-bond acceptors (Lipinski definition) is 5. The number of carbonyl (C=O) groups is 2. The van der Waals surface area contributed by atoms with E-state index in [1.165, 1.54) is 0 Å². The van der Waals surface area contributed by atoms with Crippen LogP contribution in [0.5, 0.6) is 11.5 Å². The molecule has 0 atom stereocenters. The Morgan fingerprint density at radius 2 is 1.63 bits per heavy atom. The molecule has 27 heavy (non-hydrogen) atoms. The van der Waals surface area contributed by atoms with Gasteiger partial charge in [0.25, 0.3) is 0 Å². The fourth-order valence-corrected chi connectivity index (χ4v) is 2.64. The summed E-state index contributed by atoms with van der Waals surface area (Å²) in [5.74, 6) is 0.486. The molecule has 3 aromatic rings. The highest BCUT2D eigenvalue weighted by Crippen LogP contribution is 2.22. The molecule has 0 radical (unpaired) electrons. The summed E-state index contributed by atoms with van der Waals surface area (Å²) in [6.07, 6.45) is 0. The first-order valence-electron chi connectivity index (χ1n) is 8.51. The lowest BCUT2D eigenvalue weighted by molar-refractivity contribution is -0.144. The first-order valence-corrected chi connectivity index (χ1v) is 8.51. The lowest BCUT2D eigenvalue weighted by atomic mass is 10.0. The summed E-state index contributed by atoms with van der Waals surface area (Å²) in [5, 5.41) is 1.88. The van der Waals surface area contributed by atoms with Gasteiger partial charge in [0.1, 0.15) is 11.5 Å². The standard InChI is InChI=1S/C22H20O5/c1-15-4-3-5-20(10-15)26-14-22(24)27-13-21(23)18-7-6-17-12-19(25-2)9-8-16(17)11-18/h3-12H,13-14H2,1-2H3. The first kappa shape index (κ1) is 18.5. The summed E-state index contributed by atoms with van der Waals surface area (Å²) in [5.41, 5.74) is 1.52. The van der Waals surface area contributed by atoms with Crippen molar-refractivity contribution >= 4 is 22.5 Å². The molecule has 0 aliphatic rings. The minimum Gasteiger partial charge on any atom is -0.497 e. The number of carbonyl (C=O) groups excluding carboxylic acids is 2. The Hall–Kier alpha value is -3.34. The maximum absolute atomic E-state index is 12.3.